The number of benzene rings is 1. The summed E-state index contributed by atoms with van der Waals surface area (Å²) in [6.45, 7) is -0.00795. The van der Waals surface area contributed by atoms with E-state index < -0.39 is 0 Å². The van der Waals surface area contributed by atoms with Gasteiger partial charge in [0.15, 0.2) is 6.29 Å². The van der Waals surface area contributed by atoms with Crippen LogP contribution in [-0.4, -0.2) is 11.4 Å². The van der Waals surface area contributed by atoms with Crippen molar-refractivity contribution in [1.29, 1.82) is 0 Å². The maximum absolute atomic E-state index is 10.8. The summed E-state index contributed by atoms with van der Waals surface area (Å²) in [7, 11) is 0. The van der Waals surface area contributed by atoms with Crippen LogP contribution in [0.3, 0.4) is 0 Å². The third-order valence-corrected chi connectivity index (χ3v) is 3.58. The van der Waals surface area contributed by atoms with Crippen LogP contribution in [0.4, 0.5) is 0 Å². The summed E-state index contributed by atoms with van der Waals surface area (Å²) in [6, 6.07) is 5.58. The largest absolute Gasteiger partial charge is 0.392 e. The predicted octanol–water partition coefficient (Wildman–Crippen LogP) is 2.49. The standard InChI is InChI=1S/C10H8O2S2/c11-4-6-1-2-9-7(3-6)8(5-12)10(13)14-9/h1-3,5,11,13H,4H2. The fourth-order valence-electron chi connectivity index (χ4n) is 1.36. The fraction of sp³-hybridized carbons (Fsp3) is 0.100. The van der Waals surface area contributed by atoms with Crippen LogP contribution in [0.15, 0.2) is 22.4 Å². The Bertz CT molecular complexity index is 488. The summed E-state index contributed by atoms with van der Waals surface area (Å²) >= 11 is 5.70. The number of thiol groups is 1. The maximum Gasteiger partial charge on any atom is 0.152 e. The van der Waals surface area contributed by atoms with Crippen LogP contribution in [0.5, 0.6) is 0 Å². The van der Waals surface area contributed by atoms with Crippen molar-refractivity contribution in [2.75, 3.05) is 0 Å². The summed E-state index contributed by atoms with van der Waals surface area (Å²) in [6.07, 6.45) is 0.808. The lowest BCUT2D eigenvalue weighted by Crippen LogP contribution is -1.83. The fourth-order valence-corrected chi connectivity index (χ4v) is 2.72. The summed E-state index contributed by atoms with van der Waals surface area (Å²) in [5.74, 6) is 0. The maximum atomic E-state index is 10.8. The summed E-state index contributed by atoms with van der Waals surface area (Å²) in [5, 5.41) is 9.84. The van der Waals surface area contributed by atoms with Gasteiger partial charge in [-0.3, -0.25) is 4.79 Å². The second-order valence-corrected chi connectivity index (χ2v) is 4.73. The van der Waals surface area contributed by atoms with Crippen molar-refractivity contribution in [3.8, 4) is 0 Å². The van der Waals surface area contributed by atoms with E-state index in [2.05, 4.69) is 12.6 Å². The minimum Gasteiger partial charge on any atom is -0.392 e. The number of hydrogen-bond acceptors (Lipinski definition) is 4. The number of aliphatic hydroxyl groups is 1. The zero-order chi connectivity index (χ0) is 10.1. The van der Waals surface area contributed by atoms with Crippen LogP contribution < -0.4 is 0 Å². The number of aldehydes is 1. The smallest absolute Gasteiger partial charge is 0.152 e. The molecule has 0 saturated heterocycles. The lowest BCUT2D eigenvalue weighted by atomic mass is 10.1. The number of carbonyl (C=O) groups is 1. The van der Waals surface area contributed by atoms with Gasteiger partial charge < -0.3 is 5.11 Å². The zero-order valence-corrected chi connectivity index (χ0v) is 8.94. The van der Waals surface area contributed by atoms with Crippen LogP contribution in [-0.2, 0) is 6.61 Å². The predicted molar refractivity (Wildman–Crippen MR) is 60.4 cm³/mol. The Labute approximate surface area is 90.6 Å². The van der Waals surface area contributed by atoms with Crippen molar-refractivity contribution < 1.29 is 9.90 Å². The van der Waals surface area contributed by atoms with Crippen molar-refractivity contribution in [2.24, 2.45) is 0 Å². The third-order valence-electron chi connectivity index (χ3n) is 2.07. The Morgan fingerprint density at radius 1 is 1.50 bits per heavy atom. The normalized spacial score (nSPS) is 10.7. The molecule has 0 aliphatic rings. The highest BCUT2D eigenvalue weighted by Crippen LogP contribution is 2.33. The Kier molecular flexibility index (Phi) is 2.58. The van der Waals surface area contributed by atoms with Gasteiger partial charge >= 0.3 is 0 Å². The Morgan fingerprint density at radius 2 is 2.29 bits per heavy atom. The van der Waals surface area contributed by atoms with Gasteiger partial charge in [-0.1, -0.05) is 6.07 Å². The molecule has 1 N–H and O–H groups in total. The Balaban J connectivity index is 2.77. The molecule has 0 saturated carbocycles. The summed E-state index contributed by atoms with van der Waals surface area (Å²) < 4.78 is 1.75. The van der Waals surface area contributed by atoms with Crippen LogP contribution in [0.2, 0.25) is 0 Å². The first-order chi connectivity index (χ1) is 6.76. The molecule has 1 aromatic carbocycles. The van der Waals surface area contributed by atoms with E-state index in [1.807, 2.05) is 18.2 Å². The Morgan fingerprint density at radius 3 is 2.93 bits per heavy atom. The topological polar surface area (TPSA) is 37.3 Å². The molecule has 14 heavy (non-hydrogen) atoms. The van der Waals surface area contributed by atoms with Crippen molar-refractivity contribution >= 4 is 40.3 Å². The molecule has 1 heterocycles. The monoisotopic (exact) mass is 224 g/mol. The molecule has 1 aromatic heterocycles. The van der Waals surface area contributed by atoms with Gasteiger partial charge in [-0.2, -0.15) is 0 Å². The first-order valence-corrected chi connectivity index (χ1v) is 5.33. The molecule has 0 atom stereocenters. The number of aliphatic hydroxyl groups excluding tert-OH is 1. The van der Waals surface area contributed by atoms with Crippen LogP contribution in [0.25, 0.3) is 10.1 Å². The highest BCUT2D eigenvalue weighted by atomic mass is 32.2. The van der Waals surface area contributed by atoms with Crippen LogP contribution >= 0.6 is 24.0 Å². The zero-order valence-electron chi connectivity index (χ0n) is 7.23. The second-order valence-electron chi connectivity index (χ2n) is 2.93. The number of hydrogen-bond donors (Lipinski definition) is 2. The minimum atomic E-state index is -0.00795. The van der Waals surface area contributed by atoms with Crippen molar-refractivity contribution in [3.05, 3.63) is 29.3 Å². The van der Waals surface area contributed by atoms with Crippen molar-refractivity contribution in [3.63, 3.8) is 0 Å². The quantitative estimate of drug-likeness (QED) is 0.607. The van der Waals surface area contributed by atoms with Gasteiger partial charge in [-0.15, -0.1) is 24.0 Å². The van der Waals surface area contributed by atoms with Crippen LogP contribution in [0, 0.1) is 0 Å². The van der Waals surface area contributed by atoms with Gasteiger partial charge in [0.1, 0.15) is 0 Å². The van der Waals surface area contributed by atoms with Crippen LogP contribution in [0.1, 0.15) is 15.9 Å². The van der Waals surface area contributed by atoms with E-state index in [1.165, 1.54) is 11.3 Å². The van der Waals surface area contributed by atoms with Gasteiger partial charge in [0.2, 0.25) is 0 Å². The molecule has 0 spiro atoms. The van der Waals surface area contributed by atoms with E-state index >= 15 is 0 Å². The Hall–Kier alpha value is -0.840. The molecule has 0 amide bonds. The van der Waals surface area contributed by atoms with E-state index in [-0.39, 0.29) is 6.61 Å². The van der Waals surface area contributed by atoms with Gasteiger partial charge in [-0.25, -0.2) is 0 Å². The van der Waals surface area contributed by atoms with Gasteiger partial charge in [0, 0.05) is 15.6 Å². The SMILES string of the molecule is O=Cc1c(S)sc2ccc(CO)cc12. The molecule has 0 aliphatic carbocycles. The molecule has 2 rings (SSSR count). The second kappa shape index (κ2) is 3.73. The lowest BCUT2D eigenvalue weighted by molar-refractivity contribution is 0.112. The average molecular weight is 224 g/mol. The van der Waals surface area contributed by atoms with Gasteiger partial charge in [-0.05, 0) is 17.7 Å². The van der Waals surface area contributed by atoms with E-state index in [4.69, 9.17) is 5.11 Å². The first kappa shape index (κ1) is 9.71. The number of thiophene rings is 1. The van der Waals surface area contributed by atoms with E-state index in [9.17, 15) is 4.79 Å². The molecule has 72 valence electrons. The molecule has 2 aromatic rings. The van der Waals surface area contributed by atoms with E-state index in [0.29, 0.717) is 5.56 Å². The highest BCUT2D eigenvalue weighted by Gasteiger charge is 2.08. The molecule has 2 nitrogen and oxygen atoms in total. The number of carbonyl (C=O) groups excluding carboxylic acids is 1. The molecule has 4 heteroatoms. The molecule has 0 radical (unpaired) electrons. The molecule has 0 aliphatic heterocycles. The van der Waals surface area contributed by atoms with Gasteiger partial charge in [0.05, 0.1) is 10.8 Å². The van der Waals surface area contributed by atoms with Crippen molar-refractivity contribution in [1.82, 2.24) is 0 Å². The average Bonchev–Trinajstić information content (AvgIpc) is 2.52. The number of rotatable bonds is 2. The molecular formula is C10H8O2S2. The lowest BCUT2D eigenvalue weighted by Gasteiger charge is -1.95. The summed E-state index contributed by atoms with van der Waals surface area (Å²) in [5.41, 5.74) is 1.43. The number of fused-ring (bicyclic) bond motifs is 1. The van der Waals surface area contributed by atoms with E-state index in [0.717, 1.165) is 26.1 Å². The molecule has 0 unspecified atom stereocenters. The molecule has 0 fully saturated rings. The van der Waals surface area contributed by atoms with Gasteiger partial charge in [0.25, 0.3) is 0 Å². The first-order valence-electron chi connectivity index (χ1n) is 4.06. The molecule has 0 bridgehead atoms. The van der Waals surface area contributed by atoms with Crippen molar-refractivity contribution in [2.45, 2.75) is 10.8 Å². The summed E-state index contributed by atoms with van der Waals surface area (Å²) in [4.78, 5) is 10.8. The third kappa shape index (κ3) is 1.45. The molecular weight excluding hydrogens is 216 g/mol. The highest BCUT2D eigenvalue weighted by molar-refractivity contribution is 7.83. The van der Waals surface area contributed by atoms with E-state index in [1.54, 1.807) is 0 Å². The minimum absolute atomic E-state index is 0.00795.